The Morgan fingerprint density at radius 1 is 1.06 bits per heavy atom. The molecule has 0 saturated carbocycles. The summed E-state index contributed by atoms with van der Waals surface area (Å²) in [5.74, 6) is 0.275. The first kappa shape index (κ1) is 15.9. The number of Topliss-reactive ketones (excluding diaryl/α,β-unsaturated/α-hetero) is 1. The third kappa shape index (κ3) is 6.93. The largest absolute Gasteiger partial charge is 0.748 e. The predicted octanol–water partition coefficient (Wildman–Crippen LogP) is 4.18. The van der Waals surface area contributed by atoms with Gasteiger partial charge in [0.1, 0.15) is 5.78 Å². The first-order chi connectivity index (χ1) is 7.84. The average molecular weight is 270 g/mol. The van der Waals surface area contributed by atoms with Crippen LogP contribution < -0.4 is 0 Å². The van der Waals surface area contributed by atoms with Gasteiger partial charge < -0.3 is 35.1 Å². The van der Waals surface area contributed by atoms with E-state index in [1.165, 1.54) is 0 Å². The molecule has 0 fully saturated rings. The first-order valence-corrected chi connectivity index (χ1v) is 5.76. The van der Waals surface area contributed by atoms with Crippen LogP contribution in [-0.4, -0.2) is 5.78 Å². The van der Waals surface area contributed by atoms with Crippen molar-refractivity contribution in [2.75, 3.05) is 0 Å². The standard InChI is InChI=1S/C10H13O.C5H5.Fe/c1-2-3-8-10(11)9-6-4-5-7-9;1-2-4-5-3-1;/h4-7H,2-3,8H2,1H3;1-5H;/q-1;-5;. The molecular weight excluding hydrogens is 252 g/mol. The Labute approximate surface area is 114 Å². The van der Waals surface area contributed by atoms with E-state index in [-0.39, 0.29) is 22.9 Å². The van der Waals surface area contributed by atoms with Crippen molar-refractivity contribution in [2.24, 2.45) is 0 Å². The third-order valence-corrected chi connectivity index (χ3v) is 2.30. The summed E-state index contributed by atoms with van der Waals surface area (Å²) in [4.78, 5) is 11.3. The normalized spacial score (nSPS) is 8.76. The molecule has 17 heavy (non-hydrogen) atoms. The molecule has 0 heterocycles. The van der Waals surface area contributed by atoms with Crippen molar-refractivity contribution < 1.29 is 21.9 Å². The van der Waals surface area contributed by atoms with Gasteiger partial charge in [-0.1, -0.05) is 18.9 Å². The molecule has 0 bridgehead atoms. The molecule has 0 unspecified atom stereocenters. The van der Waals surface area contributed by atoms with Gasteiger partial charge in [-0.2, -0.15) is 12.1 Å². The van der Waals surface area contributed by atoms with E-state index < -0.39 is 0 Å². The minimum Gasteiger partial charge on any atom is -0.748 e. The summed E-state index contributed by atoms with van der Waals surface area (Å²) >= 11 is 0. The van der Waals surface area contributed by atoms with Crippen LogP contribution in [0.2, 0.25) is 0 Å². The fourth-order valence-electron chi connectivity index (χ4n) is 1.36. The van der Waals surface area contributed by atoms with Gasteiger partial charge >= 0.3 is 0 Å². The molecule has 0 aliphatic heterocycles. The second-order valence-corrected chi connectivity index (χ2v) is 3.66. The Hall–Kier alpha value is -1.11. The van der Waals surface area contributed by atoms with E-state index in [9.17, 15) is 4.79 Å². The number of hydrogen-bond donors (Lipinski definition) is 0. The Morgan fingerprint density at radius 3 is 1.94 bits per heavy atom. The Balaban J connectivity index is 0.000000360. The van der Waals surface area contributed by atoms with Crippen molar-refractivity contribution >= 4 is 5.78 Å². The minimum absolute atomic E-state index is 0. The summed E-state index contributed by atoms with van der Waals surface area (Å²) in [6.45, 7) is 2.10. The second-order valence-electron chi connectivity index (χ2n) is 3.66. The zero-order valence-corrected chi connectivity index (χ0v) is 11.2. The summed E-state index contributed by atoms with van der Waals surface area (Å²) in [5, 5.41) is 0. The molecule has 0 amide bonds. The van der Waals surface area contributed by atoms with E-state index in [2.05, 4.69) is 6.92 Å². The Morgan fingerprint density at radius 2 is 1.53 bits per heavy atom. The van der Waals surface area contributed by atoms with Crippen LogP contribution >= 0.6 is 0 Å². The number of carbonyl (C=O) groups is 1. The maximum atomic E-state index is 11.3. The van der Waals surface area contributed by atoms with Crippen molar-refractivity contribution in [3.8, 4) is 0 Å². The van der Waals surface area contributed by atoms with Crippen LogP contribution in [-0.2, 0) is 17.1 Å². The summed E-state index contributed by atoms with van der Waals surface area (Å²) < 4.78 is 0. The monoisotopic (exact) mass is 270 g/mol. The van der Waals surface area contributed by atoms with Gasteiger partial charge in [-0.15, -0.1) is 0 Å². The van der Waals surface area contributed by atoms with Crippen LogP contribution in [0.25, 0.3) is 0 Å². The van der Waals surface area contributed by atoms with Crippen LogP contribution in [0.3, 0.4) is 0 Å². The van der Waals surface area contributed by atoms with Crippen molar-refractivity contribution in [1.82, 2.24) is 0 Å². The summed E-state index contributed by atoms with van der Waals surface area (Å²) in [7, 11) is 0. The molecule has 1 nitrogen and oxygen atoms in total. The van der Waals surface area contributed by atoms with Crippen molar-refractivity contribution in [2.45, 2.75) is 26.2 Å². The minimum atomic E-state index is 0. The molecule has 0 aliphatic carbocycles. The van der Waals surface area contributed by atoms with Crippen LogP contribution in [0, 0.1) is 0 Å². The molecule has 2 aromatic rings. The van der Waals surface area contributed by atoms with Crippen molar-refractivity contribution in [1.29, 1.82) is 0 Å². The number of unbranched alkanes of at least 4 members (excludes halogenated alkanes) is 1. The van der Waals surface area contributed by atoms with Crippen LogP contribution in [0.15, 0.2) is 54.6 Å². The maximum Gasteiger partial charge on any atom is 0.108 e. The fourth-order valence-corrected chi connectivity index (χ4v) is 1.36. The molecule has 0 aliphatic rings. The van der Waals surface area contributed by atoms with Gasteiger partial charge in [0.15, 0.2) is 0 Å². The topological polar surface area (TPSA) is 17.1 Å². The van der Waals surface area contributed by atoms with Gasteiger partial charge in [0.05, 0.1) is 0 Å². The summed E-state index contributed by atoms with van der Waals surface area (Å²) in [5.41, 5.74) is 0.860. The molecule has 98 valence electrons. The predicted molar refractivity (Wildman–Crippen MR) is 67.9 cm³/mol. The van der Waals surface area contributed by atoms with Crippen molar-refractivity contribution in [3.05, 3.63) is 60.2 Å². The number of hydrogen-bond acceptors (Lipinski definition) is 1. The smallest absolute Gasteiger partial charge is 0.108 e. The first-order valence-electron chi connectivity index (χ1n) is 5.76. The van der Waals surface area contributed by atoms with Crippen LogP contribution in [0.1, 0.15) is 36.5 Å². The molecule has 0 spiro atoms. The van der Waals surface area contributed by atoms with Gasteiger partial charge in [-0.05, 0) is 12.8 Å². The SMILES string of the molecule is CCCCC(=O)[c-]1cccc1.[Fe].[cH-]1[cH-][cH-][cH-][cH-]1. The van der Waals surface area contributed by atoms with E-state index >= 15 is 0 Å². The quantitative estimate of drug-likeness (QED) is 0.462. The molecule has 2 heteroatoms. The van der Waals surface area contributed by atoms with E-state index in [0.717, 1.165) is 18.4 Å². The second kappa shape index (κ2) is 10.1. The third-order valence-electron chi connectivity index (χ3n) is 2.30. The van der Waals surface area contributed by atoms with E-state index in [4.69, 9.17) is 0 Å². The van der Waals surface area contributed by atoms with Gasteiger partial charge in [0.25, 0.3) is 0 Å². The number of rotatable bonds is 4. The molecule has 0 radical (unpaired) electrons. The van der Waals surface area contributed by atoms with E-state index in [0.29, 0.717) is 6.42 Å². The molecule has 0 saturated heterocycles. The molecule has 2 aromatic carbocycles. The van der Waals surface area contributed by atoms with Crippen molar-refractivity contribution in [3.63, 3.8) is 0 Å². The average Bonchev–Trinajstić information content (AvgIpc) is 2.98. The maximum absolute atomic E-state index is 11.3. The Bertz CT molecular complexity index is 342. The van der Waals surface area contributed by atoms with Gasteiger partial charge in [-0.3, -0.25) is 0 Å². The molecule has 0 N–H and O–H groups in total. The van der Waals surface area contributed by atoms with E-state index in [1.54, 1.807) is 0 Å². The Kier molecular flexibility index (Phi) is 9.41. The van der Waals surface area contributed by atoms with Gasteiger partial charge in [-0.25, -0.2) is 12.1 Å². The molecule has 2 rings (SSSR count). The zero-order valence-electron chi connectivity index (χ0n) is 10.1. The fraction of sp³-hybridized carbons (Fsp3) is 0.267. The van der Waals surface area contributed by atoms with Gasteiger partial charge in [0.2, 0.25) is 0 Å². The molecule has 0 aromatic heterocycles. The van der Waals surface area contributed by atoms with Gasteiger partial charge in [0, 0.05) is 17.1 Å². The molecular formula is C15H18FeO-6. The summed E-state index contributed by atoms with van der Waals surface area (Å²) in [6, 6.07) is 17.5. The van der Waals surface area contributed by atoms with E-state index in [1.807, 2.05) is 54.6 Å². The summed E-state index contributed by atoms with van der Waals surface area (Å²) in [6.07, 6.45) is 2.79. The van der Waals surface area contributed by atoms with Crippen LogP contribution in [0.5, 0.6) is 0 Å². The molecule has 0 atom stereocenters. The number of carbonyl (C=O) groups excluding carboxylic acids is 1. The zero-order chi connectivity index (χ0) is 11.6. The number of ketones is 1. The van der Waals surface area contributed by atoms with Crippen LogP contribution in [0.4, 0.5) is 0 Å².